The number of nitro benzene ring substituents is 2. The average molecular weight is 423 g/mol. The predicted octanol–water partition coefficient (Wildman–Crippen LogP) is 5.19. The fourth-order valence-electron chi connectivity index (χ4n) is 2.77. The van der Waals surface area contributed by atoms with Gasteiger partial charge in [-0.25, -0.2) is 0 Å². The van der Waals surface area contributed by atoms with Crippen molar-refractivity contribution in [1.82, 2.24) is 0 Å². The van der Waals surface area contributed by atoms with E-state index in [1.807, 2.05) is 0 Å². The van der Waals surface area contributed by atoms with Gasteiger partial charge in [0.25, 0.3) is 11.4 Å². The molecule has 0 aliphatic carbocycles. The Morgan fingerprint density at radius 3 is 2.10 bits per heavy atom. The Labute approximate surface area is 167 Å². The first kappa shape index (κ1) is 22.5. The number of hydrogen-bond acceptors (Lipinski definition) is 8. The highest BCUT2D eigenvalue weighted by Crippen LogP contribution is 2.61. The Bertz CT molecular complexity index is 941. The summed E-state index contributed by atoms with van der Waals surface area (Å²) >= 11 is 0. The van der Waals surface area contributed by atoms with E-state index in [-0.39, 0.29) is 24.6 Å². The molecule has 156 valence electrons. The van der Waals surface area contributed by atoms with Gasteiger partial charge in [-0.1, -0.05) is 12.1 Å². The zero-order chi connectivity index (χ0) is 21.6. The van der Waals surface area contributed by atoms with E-state index in [1.165, 1.54) is 36.4 Å². The van der Waals surface area contributed by atoms with E-state index >= 15 is 0 Å². The molecule has 0 aromatic heterocycles. The van der Waals surface area contributed by atoms with E-state index in [0.717, 1.165) is 0 Å². The Kier molecular flexibility index (Phi) is 7.44. The monoisotopic (exact) mass is 423 g/mol. The second kappa shape index (κ2) is 9.60. The average Bonchev–Trinajstić information content (AvgIpc) is 2.67. The highest BCUT2D eigenvalue weighted by atomic mass is 31.2. The van der Waals surface area contributed by atoms with Gasteiger partial charge in [-0.15, -0.1) is 0 Å². The Hall–Kier alpha value is -2.81. The molecule has 0 amide bonds. The maximum Gasteiger partial charge on any atom is 0.357 e. The molecule has 1 N–H and O–H groups in total. The molecule has 0 spiro atoms. The van der Waals surface area contributed by atoms with Gasteiger partial charge in [0.15, 0.2) is 5.78 Å². The molecule has 0 saturated heterocycles. The first-order valence-corrected chi connectivity index (χ1v) is 10.5. The Morgan fingerprint density at radius 2 is 1.59 bits per heavy atom. The smallest absolute Gasteiger partial charge is 0.357 e. The number of benzene rings is 2. The van der Waals surface area contributed by atoms with Crippen LogP contribution < -0.4 is 5.32 Å². The number of rotatable bonds is 10. The number of aryl methyl sites for hydroxylation is 1. The minimum Gasteiger partial charge on any atom is -0.368 e. The van der Waals surface area contributed by atoms with E-state index in [9.17, 15) is 24.8 Å². The Balaban J connectivity index is 2.55. The predicted molar refractivity (Wildman–Crippen MR) is 108 cm³/mol. The summed E-state index contributed by atoms with van der Waals surface area (Å²) < 4.78 is 24.4. The van der Waals surface area contributed by atoms with Crippen molar-refractivity contribution in [3.63, 3.8) is 0 Å². The van der Waals surface area contributed by atoms with Crippen LogP contribution in [0.4, 0.5) is 17.1 Å². The van der Waals surface area contributed by atoms with E-state index in [1.54, 1.807) is 26.8 Å². The molecule has 1 unspecified atom stereocenters. The molecule has 11 heteroatoms. The van der Waals surface area contributed by atoms with Gasteiger partial charge < -0.3 is 14.4 Å². The third-order valence-corrected chi connectivity index (χ3v) is 6.34. The number of nitrogens with zero attached hydrogens (tertiary/aromatic N) is 2. The second-order valence-electron chi connectivity index (χ2n) is 6.03. The molecule has 0 aliphatic heterocycles. The summed E-state index contributed by atoms with van der Waals surface area (Å²) in [4.78, 5) is 21.1. The second-order valence-corrected chi connectivity index (χ2v) is 8.14. The third kappa shape index (κ3) is 5.38. The highest BCUT2D eigenvalue weighted by molar-refractivity contribution is 7.54. The van der Waals surface area contributed by atoms with Gasteiger partial charge in [-0.2, -0.15) is 0 Å². The van der Waals surface area contributed by atoms with Crippen molar-refractivity contribution in [1.29, 1.82) is 0 Å². The molecule has 0 radical (unpaired) electrons. The van der Waals surface area contributed by atoms with Gasteiger partial charge in [0.1, 0.15) is 0 Å². The van der Waals surface area contributed by atoms with Gasteiger partial charge in [0.05, 0.1) is 23.1 Å². The van der Waals surface area contributed by atoms with Gasteiger partial charge >= 0.3 is 7.60 Å². The van der Waals surface area contributed by atoms with Crippen LogP contribution >= 0.6 is 7.60 Å². The number of anilines is 1. The molecule has 0 heterocycles. The molecule has 0 fully saturated rings. The normalized spacial score (nSPS) is 12.4. The summed E-state index contributed by atoms with van der Waals surface area (Å²) in [6.45, 7) is 5.18. The van der Waals surface area contributed by atoms with Crippen molar-refractivity contribution in [3.8, 4) is 0 Å². The van der Waals surface area contributed by atoms with E-state index in [2.05, 4.69) is 5.32 Å². The van der Waals surface area contributed by atoms with Crippen molar-refractivity contribution in [3.05, 3.63) is 73.8 Å². The molecule has 2 aromatic rings. The molecular weight excluding hydrogens is 401 g/mol. The fraction of sp³-hybridized carbons (Fsp3) is 0.333. The number of nitro groups is 2. The molecule has 1 atom stereocenters. The van der Waals surface area contributed by atoms with Crippen LogP contribution in [0.1, 0.15) is 30.8 Å². The van der Waals surface area contributed by atoms with Crippen LogP contribution in [0.15, 0.2) is 42.5 Å². The van der Waals surface area contributed by atoms with E-state index in [0.29, 0.717) is 16.8 Å². The van der Waals surface area contributed by atoms with Gasteiger partial charge in [-0.3, -0.25) is 24.8 Å². The number of nitrogens with one attached hydrogen (secondary N) is 1. The summed E-state index contributed by atoms with van der Waals surface area (Å²) in [5.41, 5.74) is 1.08. The highest BCUT2D eigenvalue weighted by Gasteiger charge is 2.38. The summed E-state index contributed by atoms with van der Waals surface area (Å²) in [7, 11) is -3.79. The molecule has 2 rings (SSSR count). The number of non-ortho nitro benzene ring substituents is 2. The molecular formula is C18H22N3O7P. The summed E-state index contributed by atoms with van der Waals surface area (Å²) in [5, 5.41) is 25.2. The van der Waals surface area contributed by atoms with Crippen LogP contribution in [0.2, 0.25) is 0 Å². The molecule has 0 saturated carbocycles. The Morgan fingerprint density at radius 1 is 1.00 bits per heavy atom. The zero-order valence-corrected chi connectivity index (χ0v) is 17.1. The molecule has 0 aliphatic rings. The van der Waals surface area contributed by atoms with Crippen LogP contribution in [-0.4, -0.2) is 23.1 Å². The fourth-order valence-corrected chi connectivity index (χ4v) is 4.69. The molecule has 29 heavy (non-hydrogen) atoms. The lowest BCUT2D eigenvalue weighted by Crippen LogP contribution is -2.16. The quantitative estimate of drug-likeness (QED) is 0.313. The van der Waals surface area contributed by atoms with Gasteiger partial charge in [0, 0.05) is 30.0 Å². The first-order chi connectivity index (χ1) is 13.7. The van der Waals surface area contributed by atoms with Crippen molar-refractivity contribution in [2.75, 3.05) is 18.5 Å². The van der Waals surface area contributed by atoms with Crippen molar-refractivity contribution in [2.24, 2.45) is 0 Å². The van der Waals surface area contributed by atoms with E-state index in [4.69, 9.17) is 9.05 Å². The lowest BCUT2D eigenvalue weighted by atomic mass is 10.1. The zero-order valence-electron chi connectivity index (χ0n) is 16.2. The lowest BCUT2D eigenvalue weighted by Gasteiger charge is -2.28. The van der Waals surface area contributed by atoms with Crippen molar-refractivity contribution >= 4 is 24.7 Å². The SMILES string of the molecule is CCOP(=O)(OCC)C(Nc1ccc([N+](=O)[O-])cc1C)c1cccc([N+](=O)[O-])c1. The minimum absolute atomic E-state index is 0.0854. The summed E-state index contributed by atoms with van der Waals surface area (Å²) in [5.74, 6) is -1.05. The van der Waals surface area contributed by atoms with Crippen LogP contribution in [0.3, 0.4) is 0 Å². The molecule has 2 aromatic carbocycles. The maximum absolute atomic E-state index is 13.5. The lowest BCUT2D eigenvalue weighted by molar-refractivity contribution is -0.385. The third-order valence-electron chi connectivity index (χ3n) is 4.04. The first-order valence-electron chi connectivity index (χ1n) is 8.86. The van der Waals surface area contributed by atoms with Gasteiger partial charge in [0.2, 0.25) is 0 Å². The standard InChI is InChI=1S/C18H22N3O7P/c1-4-27-29(26,28-5-2)18(14-7-6-8-15(12-14)20(22)23)19-17-10-9-16(21(24)25)11-13(17)3/h6-12,18-19H,4-5H2,1-3H3. The van der Waals surface area contributed by atoms with Gasteiger partial charge in [-0.05, 0) is 38.0 Å². The maximum atomic E-state index is 13.5. The largest absolute Gasteiger partial charge is 0.368 e. The number of hydrogen-bond donors (Lipinski definition) is 1. The molecule has 10 nitrogen and oxygen atoms in total. The van der Waals surface area contributed by atoms with Crippen LogP contribution in [0.25, 0.3) is 0 Å². The van der Waals surface area contributed by atoms with Crippen molar-refractivity contribution < 1.29 is 23.5 Å². The summed E-state index contributed by atoms with van der Waals surface area (Å²) in [6, 6.07) is 9.85. The summed E-state index contributed by atoms with van der Waals surface area (Å²) in [6.07, 6.45) is 0. The van der Waals surface area contributed by atoms with E-state index < -0.39 is 23.2 Å². The van der Waals surface area contributed by atoms with Crippen LogP contribution in [0.5, 0.6) is 0 Å². The minimum atomic E-state index is -3.79. The van der Waals surface area contributed by atoms with Crippen LogP contribution in [0, 0.1) is 27.2 Å². The van der Waals surface area contributed by atoms with Crippen molar-refractivity contribution in [2.45, 2.75) is 26.6 Å². The van der Waals surface area contributed by atoms with Crippen LogP contribution in [-0.2, 0) is 13.6 Å². The topological polar surface area (TPSA) is 134 Å². The molecule has 0 bridgehead atoms.